The predicted molar refractivity (Wildman–Crippen MR) is 92.1 cm³/mol. The maximum absolute atomic E-state index is 5.74. The molecule has 122 valence electrons. The summed E-state index contributed by atoms with van der Waals surface area (Å²) in [6, 6.07) is 8.00. The standard InChI is InChI=1S/C18H19N5O/c1-13-18(22-16-5-3-2-4-15(16)21-13)23-9-6-14(11-23)12-24-17-10-19-7-8-20-17/h2-5,7-8,10,14H,6,9,11-12H2,1H3. The van der Waals surface area contributed by atoms with Crippen LogP contribution >= 0.6 is 0 Å². The third-order valence-electron chi connectivity index (χ3n) is 4.31. The van der Waals surface area contributed by atoms with Crippen LogP contribution in [0.15, 0.2) is 42.9 Å². The van der Waals surface area contributed by atoms with Gasteiger partial charge in [0.25, 0.3) is 0 Å². The van der Waals surface area contributed by atoms with Crippen molar-refractivity contribution in [1.82, 2.24) is 19.9 Å². The molecule has 0 amide bonds. The van der Waals surface area contributed by atoms with Gasteiger partial charge in [-0.05, 0) is 25.5 Å². The van der Waals surface area contributed by atoms with Gasteiger partial charge in [0.05, 0.1) is 29.5 Å². The minimum absolute atomic E-state index is 0.458. The van der Waals surface area contributed by atoms with E-state index in [0.29, 0.717) is 18.4 Å². The van der Waals surface area contributed by atoms with Crippen LogP contribution in [0.4, 0.5) is 5.82 Å². The molecule has 4 rings (SSSR count). The second-order valence-electron chi connectivity index (χ2n) is 6.08. The van der Waals surface area contributed by atoms with E-state index in [9.17, 15) is 0 Å². The summed E-state index contributed by atoms with van der Waals surface area (Å²) in [7, 11) is 0. The number of aryl methyl sites for hydroxylation is 1. The van der Waals surface area contributed by atoms with Gasteiger partial charge in [0.1, 0.15) is 0 Å². The normalized spacial score (nSPS) is 17.4. The van der Waals surface area contributed by atoms with E-state index >= 15 is 0 Å². The summed E-state index contributed by atoms with van der Waals surface area (Å²) >= 11 is 0. The van der Waals surface area contributed by atoms with E-state index in [0.717, 1.165) is 42.1 Å². The molecular formula is C18H19N5O. The van der Waals surface area contributed by atoms with Crippen LogP contribution in [-0.4, -0.2) is 39.6 Å². The molecule has 1 atom stereocenters. The Balaban J connectivity index is 1.45. The van der Waals surface area contributed by atoms with Gasteiger partial charge in [0, 0.05) is 31.4 Å². The van der Waals surface area contributed by atoms with E-state index in [4.69, 9.17) is 9.72 Å². The Morgan fingerprint density at radius 1 is 1.17 bits per heavy atom. The number of fused-ring (bicyclic) bond motifs is 1. The number of benzene rings is 1. The zero-order valence-electron chi connectivity index (χ0n) is 13.6. The topological polar surface area (TPSA) is 64.0 Å². The van der Waals surface area contributed by atoms with E-state index in [2.05, 4.69) is 19.9 Å². The van der Waals surface area contributed by atoms with Crippen LogP contribution in [-0.2, 0) is 0 Å². The van der Waals surface area contributed by atoms with E-state index in [1.807, 2.05) is 31.2 Å². The second kappa shape index (κ2) is 6.39. The molecule has 6 nitrogen and oxygen atoms in total. The van der Waals surface area contributed by atoms with Crippen LogP contribution in [0.25, 0.3) is 11.0 Å². The molecule has 6 heteroatoms. The zero-order chi connectivity index (χ0) is 16.4. The summed E-state index contributed by atoms with van der Waals surface area (Å²) in [5.74, 6) is 2.02. The number of rotatable bonds is 4. The zero-order valence-corrected chi connectivity index (χ0v) is 13.6. The molecule has 3 aromatic rings. The predicted octanol–water partition coefficient (Wildman–Crippen LogP) is 2.63. The molecule has 0 spiro atoms. The van der Waals surface area contributed by atoms with Crippen LogP contribution < -0.4 is 9.64 Å². The Labute approximate surface area is 140 Å². The van der Waals surface area contributed by atoms with E-state index in [-0.39, 0.29) is 0 Å². The molecule has 24 heavy (non-hydrogen) atoms. The Bertz CT molecular complexity index is 839. The lowest BCUT2D eigenvalue weighted by atomic mass is 10.1. The average molecular weight is 321 g/mol. The van der Waals surface area contributed by atoms with Gasteiger partial charge in [-0.3, -0.25) is 4.98 Å². The first-order valence-corrected chi connectivity index (χ1v) is 8.17. The molecule has 0 saturated carbocycles. The van der Waals surface area contributed by atoms with Gasteiger partial charge in [0.15, 0.2) is 5.82 Å². The highest BCUT2D eigenvalue weighted by Crippen LogP contribution is 2.26. The third-order valence-corrected chi connectivity index (χ3v) is 4.31. The lowest BCUT2D eigenvalue weighted by Gasteiger charge is -2.19. The maximum Gasteiger partial charge on any atom is 0.232 e. The highest BCUT2D eigenvalue weighted by molar-refractivity contribution is 5.76. The molecule has 1 unspecified atom stereocenters. The molecule has 0 bridgehead atoms. The van der Waals surface area contributed by atoms with Crippen LogP contribution in [0.2, 0.25) is 0 Å². The minimum Gasteiger partial charge on any atom is -0.476 e. The molecule has 3 heterocycles. The van der Waals surface area contributed by atoms with Crippen LogP contribution in [0, 0.1) is 12.8 Å². The SMILES string of the molecule is Cc1nc2ccccc2nc1N1CCC(COc2cnccn2)C1. The lowest BCUT2D eigenvalue weighted by Crippen LogP contribution is -2.24. The molecule has 0 aliphatic carbocycles. The molecule has 1 aliphatic heterocycles. The van der Waals surface area contributed by atoms with Gasteiger partial charge in [-0.15, -0.1) is 0 Å². The number of aromatic nitrogens is 4. The number of hydrogen-bond acceptors (Lipinski definition) is 6. The van der Waals surface area contributed by atoms with Crippen molar-refractivity contribution >= 4 is 16.9 Å². The molecule has 1 aliphatic rings. The fourth-order valence-corrected chi connectivity index (χ4v) is 3.10. The first kappa shape index (κ1) is 14.8. The highest BCUT2D eigenvalue weighted by Gasteiger charge is 2.26. The van der Waals surface area contributed by atoms with Crippen molar-refractivity contribution in [1.29, 1.82) is 0 Å². The second-order valence-corrected chi connectivity index (χ2v) is 6.08. The van der Waals surface area contributed by atoms with Gasteiger partial charge in [-0.1, -0.05) is 12.1 Å². The molecule has 2 aromatic heterocycles. The Morgan fingerprint density at radius 2 is 2.00 bits per heavy atom. The summed E-state index contributed by atoms with van der Waals surface area (Å²) < 4.78 is 5.74. The number of hydrogen-bond donors (Lipinski definition) is 0. The lowest BCUT2D eigenvalue weighted by molar-refractivity contribution is 0.251. The largest absolute Gasteiger partial charge is 0.476 e. The molecule has 1 aromatic carbocycles. The number of para-hydroxylation sites is 2. The molecule has 0 radical (unpaired) electrons. The average Bonchev–Trinajstić information content (AvgIpc) is 3.09. The Morgan fingerprint density at radius 3 is 2.79 bits per heavy atom. The highest BCUT2D eigenvalue weighted by atomic mass is 16.5. The Hall–Kier alpha value is -2.76. The smallest absolute Gasteiger partial charge is 0.232 e. The van der Waals surface area contributed by atoms with Crippen molar-refractivity contribution < 1.29 is 4.74 Å². The third kappa shape index (κ3) is 2.99. The van der Waals surface area contributed by atoms with E-state index in [1.54, 1.807) is 18.6 Å². The van der Waals surface area contributed by atoms with E-state index in [1.165, 1.54) is 0 Å². The Kier molecular flexibility index (Phi) is 3.94. The van der Waals surface area contributed by atoms with Crippen molar-refractivity contribution in [2.45, 2.75) is 13.3 Å². The monoisotopic (exact) mass is 321 g/mol. The quantitative estimate of drug-likeness (QED) is 0.736. The number of nitrogens with zero attached hydrogens (tertiary/aromatic N) is 5. The van der Waals surface area contributed by atoms with Crippen LogP contribution in [0.1, 0.15) is 12.1 Å². The number of anilines is 1. The summed E-state index contributed by atoms with van der Waals surface area (Å²) in [6.07, 6.45) is 6.01. The van der Waals surface area contributed by atoms with Crippen LogP contribution in [0.5, 0.6) is 5.88 Å². The molecule has 1 fully saturated rings. The van der Waals surface area contributed by atoms with Gasteiger partial charge < -0.3 is 9.64 Å². The van der Waals surface area contributed by atoms with Crippen molar-refractivity contribution in [3.63, 3.8) is 0 Å². The van der Waals surface area contributed by atoms with E-state index < -0.39 is 0 Å². The van der Waals surface area contributed by atoms with Crippen molar-refractivity contribution in [2.24, 2.45) is 5.92 Å². The van der Waals surface area contributed by atoms with Gasteiger partial charge in [0.2, 0.25) is 5.88 Å². The molecule has 1 saturated heterocycles. The summed E-state index contributed by atoms with van der Waals surface area (Å²) in [6.45, 7) is 4.57. The summed E-state index contributed by atoms with van der Waals surface area (Å²) in [5.41, 5.74) is 2.86. The summed E-state index contributed by atoms with van der Waals surface area (Å²) in [5, 5.41) is 0. The first-order chi connectivity index (χ1) is 11.8. The van der Waals surface area contributed by atoms with Crippen molar-refractivity contribution in [3.8, 4) is 5.88 Å². The number of ether oxygens (including phenoxy) is 1. The van der Waals surface area contributed by atoms with Gasteiger partial charge in [-0.2, -0.15) is 0 Å². The fourth-order valence-electron chi connectivity index (χ4n) is 3.10. The fraction of sp³-hybridized carbons (Fsp3) is 0.333. The maximum atomic E-state index is 5.74. The minimum atomic E-state index is 0.458. The first-order valence-electron chi connectivity index (χ1n) is 8.17. The van der Waals surface area contributed by atoms with Gasteiger partial charge in [-0.25, -0.2) is 15.0 Å². The summed E-state index contributed by atoms with van der Waals surface area (Å²) in [4.78, 5) is 20.0. The van der Waals surface area contributed by atoms with Gasteiger partial charge >= 0.3 is 0 Å². The van der Waals surface area contributed by atoms with Crippen LogP contribution in [0.3, 0.4) is 0 Å². The van der Waals surface area contributed by atoms with Crippen molar-refractivity contribution in [3.05, 3.63) is 48.5 Å². The molecule has 0 N–H and O–H groups in total. The molecular weight excluding hydrogens is 302 g/mol. The van der Waals surface area contributed by atoms with Crippen molar-refractivity contribution in [2.75, 3.05) is 24.6 Å².